The molecule has 1 aliphatic rings. The number of rotatable bonds is 11. The number of aliphatic hydroxyl groups is 1. The Balaban J connectivity index is 1.74. The van der Waals surface area contributed by atoms with Gasteiger partial charge in [0.1, 0.15) is 18.1 Å². The zero-order chi connectivity index (χ0) is 29.7. The third-order valence-electron chi connectivity index (χ3n) is 6.95. The molecule has 1 amide bonds. The third-order valence-corrected chi connectivity index (χ3v) is 6.95. The number of aryl methyl sites for hydroxylation is 1. The van der Waals surface area contributed by atoms with Crippen LogP contribution in [0.3, 0.4) is 0 Å². The summed E-state index contributed by atoms with van der Waals surface area (Å²) < 4.78 is 22.4. The van der Waals surface area contributed by atoms with Crippen LogP contribution >= 0.6 is 0 Å². The van der Waals surface area contributed by atoms with E-state index in [9.17, 15) is 14.7 Å². The topological polar surface area (TPSA) is 97.8 Å². The molecule has 216 valence electrons. The lowest BCUT2D eigenvalue weighted by Gasteiger charge is -2.27. The van der Waals surface area contributed by atoms with Crippen LogP contribution in [0, 0.1) is 6.92 Å². The Morgan fingerprint density at radius 2 is 1.59 bits per heavy atom. The summed E-state index contributed by atoms with van der Waals surface area (Å²) in [6.07, 6.45) is 0. The number of likely N-dealkylation sites (tertiary alicyclic amines) is 1. The van der Waals surface area contributed by atoms with E-state index in [-0.39, 0.29) is 17.9 Å². The summed E-state index contributed by atoms with van der Waals surface area (Å²) in [7, 11) is 8.25. The van der Waals surface area contributed by atoms with Crippen molar-refractivity contribution in [2.75, 3.05) is 48.5 Å². The molecule has 9 nitrogen and oxygen atoms in total. The highest BCUT2D eigenvalue weighted by atomic mass is 16.5. The van der Waals surface area contributed by atoms with Crippen LogP contribution < -0.4 is 18.9 Å². The fourth-order valence-corrected chi connectivity index (χ4v) is 4.86. The van der Waals surface area contributed by atoms with E-state index in [1.807, 2.05) is 44.1 Å². The van der Waals surface area contributed by atoms with Gasteiger partial charge in [0.25, 0.3) is 11.7 Å². The van der Waals surface area contributed by atoms with Crippen LogP contribution in [0.4, 0.5) is 0 Å². The molecule has 0 aromatic heterocycles. The lowest BCUT2D eigenvalue weighted by Crippen LogP contribution is -2.35. The molecule has 1 atom stereocenters. The molecule has 1 aliphatic heterocycles. The van der Waals surface area contributed by atoms with E-state index in [1.54, 1.807) is 36.4 Å². The van der Waals surface area contributed by atoms with Gasteiger partial charge in [-0.05, 0) is 68.5 Å². The van der Waals surface area contributed by atoms with Gasteiger partial charge in [0.05, 0.1) is 32.9 Å². The summed E-state index contributed by atoms with van der Waals surface area (Å²) in [6, 6.07) is 17.3. The summed E-state index contributed by atoms with van der Waals surface area (Å²) in [4.78, 5) is 30.1. The number of carbonyl (C=O) groups is 2. The number of ether oxygens (including phenoxy) is 4. The number of amides is 1. The summed E-state index contributed by atoms with van der Waals surface area (Å²) >= 11 is 0. The first-order valence-corrected chi connectivity index (χ1v) is 13.2. The van der Waals surface area contributed by atoms with Crippen molar-refractivity contribution >= 4 is 17.4 Å². The van der Waals surface area contributed by atoms with Gasteiger partial charge in [0, 0.05) is 18.7 Å². The van der Waals surface area contributed by atoms with E-state index in [0.717, 1.165) is 11.1 Å². The third kappa shape index (κ3) is 6.30. The number of carbonyl (C=O) groups excluding carboxylic acids is 2. The van der Waals surface area contributed by atoms with Gasteiger partial charge in [-0.25, -0.2) is 0 Å². The molecule has 0 saturated carbocycles. The quantitative estimate of drug-likeness (QED) is 0.207. The van der Waals surface area contributed by atoms with Gasteiger partial charge in [0.2, 0.25) is 5.75 Å². The predicted octanol–water partition coefficient (Wildman–Crippen LogP) is 4.58. The van der Waals surface area contributed by atoms with Crippen molar-refractivity contribution in [3.05, 3.63) is 88.5 Å². The molecule has 0 radical (unpaired) electrons. The molecule has 1 N–H and O–H groups in total. The van der Waals surface area contributed by atoms with Crippen LogP contribution in [0.2, 0.25) is 0 Å². The lowest BCUT2D eigenvalue weighted by atomic mass is 9.94. The first kappa shape index (κ1) is 29.5. The number of methoxy groups -OCH3 is 3. The molecule has 4 rings (SSSR count). The number of aliphatic hydroxyl groups excluding tert-OH is 1. The SMILES string of the molecule is COc1cc(C2/C(=C(\O)c3ccc(OCc4cccc(C)c4)cc3)C(=O)C(=O)N2CCN(C)C)cc(OC)c1OC. The van der Waals surface area contributed by atoms with Crippen molar-refractivity contribution in [1.29, 1.82) is 0 Å². The first-order chi connectivity index (χ1) is 19.7. The molecule has 1 heterocycles. The average molecular weight is 561 g/mol. The summed E-state index contributed by atoms with van der Waals surface area (Å²) in [5, 5.41) is 11.5. The number of hydrogen-bond acceptors (Lipinski definition) is 8. The van der Waals surface area contributed by atoms with Crippen molar-refractivity contribution in [3.63, 3.8) is 0 Å². The Bertz CT molecular complexity index is 1420. The first-order valence-electron chi connectivity index (χ1n) is 13.2. The Morgan fingerprint density at radius 1 is 0.927 bits per heavy atom. The minimum atomic E-state index is -0.874. The van der Waals surface area contributed by atoms with Gasteiger partial charge in [-0.15, -0.1) is 0 Å². The Labute approximate surface area is 240 Å². The fourth-order valence-electron chi connectivity index (χ4n) is 4.86. The Morgan fingerprint density at radius 3 is 2.15 bits per heavy atom. The van der Waals surface area contributed by atoms with E-state index in [2.05, 4.69) is 6.07 Å². The Hall–Kier alpha value is -4.50. The van der Waals surface area contributed by atoms with Crippen LogP contribution in [0.25, 0.3) is 5.76 Å². The molecule has 9 heteroatoms. The number of nitrogens with zero attached hydrogens (tertiary/aromatic N) is 2. The highest BCUT2D eigenvalue weighted by Crippen LogP contribution is 2.45. The monoisotopic (exact) mass is 560 g/mol. The molecular formula is C32H36N2O7. The van der Waals surface area contributed by atoms with Crippen molar-refractivity contribution in [2.45, 2.75) is 19.6 Å². The highest BCUT2D eigenvalue weighted by molar-refractivity contribution is 6.46. The van der Waals surface area contributed by atoms with Crippen LogP contribution in [0.5, 0.6) is 23.0 Å². The van der Waals surface area contributed by atoms with E-state index >= 15 is 0 Å². The van der Waals surface area contributed by atoms with Gasteiger partial charge < -0.3 is 33.9 Å². The summed E-state index contributed by atoms with van der Waals surface area (Å²) in [6.45, 7) is 3.20. The zero-order valence-electron chi connectivity index (χ0n) is 24.3. The second-order valence-electron chi connectivity index (χ2n) is 10.1. The smallest absolute Gasteiger partial charge is 0.295 e. The predicted molar refractivity (Wildman–Crippen MR) is 156 cm³/mol. The molecule has 0 spiro atoms. The number of benzene rings is 3. The van der Waals surface area contributed by atoms with Gasteiger partial charge >= 0.3 is 0 Å². The second-order valence-corrected chi connectivity index (χ2v) is 10.1. The molecule has 1 fully saturated rings. The van der Waals surface area contributed by atoms with E-state index in [4.69, 9.17) is 18.9 Å². The van der Waals surface area contributed by atoms with Gasteiger partial charge in [-0.2, -0.15) is 0 Å². The highest BCUT2D eigenvalue weighted by Gasteiger charge is 2.46. The Kier molecular flexibility index (Phi) is 9.19. The minimum absolute atomic E-state index is 0.0172. The van der Waals surface area contributed by atoms with Crippen LogP contribution in [0.1, 0.15) is 28.3 Å². The zero-order valence-corrected chi connectivity index (χ0v) is 24.3. The van der Waals surface area contributed by atoms with Crippen LogP contribution in [0.15, 0.2) is 66.2 Å². The maximum Gasteiger partial charge on any atom is 0.295 e. The van der Waals surface area contributed by atoms with Crippen LogP contribution in [-0.4, -0.2) is 75.1 Å². The van der Waals surface area contributed by atoms with Crippen molar-refractivity contribution < 1.29 is 33.6 Å². The number of Topliss-reactive ketones (excluding diaryl/α,β-unsaturated/α-hetero) is 1. The normalized spacial score (nSPS) is 16.3. The maximum atomic E-state index is 13.4. The van der Waals surface area contributed by atoms with Crippen molar-refractivity contribution in [3.8, 4) is 23.0 Å². The summed E-state index contributed by atoms with van der Waals surface area (Å²) in [5.74, 6) is -0.00374. The maximum absolute atomic E-state index is 13.4. The fraction of sp³-hybridized carbons (Fsp3) is 0.312. The number of hydrogen-bond donors (Lipinski definition) is 1. The van der Waals surface area contributed by atoms with Gasteiger partial charge in [-0.1, -0.05) is 29.8 Å². The molecular weight excluding hydrogens is 524 g/mol. The van der Waals surface area contributed by atoms with Gasteiger partial charge in [-0.3, -0.25) is 9.59 Å². The lowest BCUT2D eigenvalue weighted by molar-refractivity contribution is -0.140. The van der Waals surface area contributed by atoms with E-state index < -0.39 is 17.7 Å². The number of likely N-dealkylation sites (N-methyl/N-ethyl adjacent to an activating group) is 1. The molecule has 3 aromatic rings. The van der Waals surface area contributed by atoms with Crippen molar-refractivity contribution in [2.24, 2.45) is 0 Å². The molecule has 1 unspecified atom stereocenters. The second kappa shape index (κ2) is 12.8. The van der Waals surface area contributed by atoms with E-state index in [1.165, 1.54) is 26.2 Å². The standard InChI is InChI=1S/C32H36N2O7/c1-20-8-7-9-21(16-20)19-41-24-12-10-22(11-13-24)29(35)27-28(34(15-14-33(2)3)32(37)30(27)36)23-17-25(38-4)31(40-6)26(18-23)39-5/h7-13,16-18,28,35H,14-15,19H2,1-6H3/b29-27+. The number of ketones is 1. The summed E-state index contributed by atoms with van der Waals surface area (Å²) in [5.41, 5.74) is 3.10. The largest absolute Gasteiger partial charge is 0.507 e. The molecule has 41 heavy (non-hydrogen) atoms. The van der Waals surface area contributed by atoms with Crippen molar-refractivity contribution in [1.82, 2.24) is 9.80 Å². The average Bonchev–Trinajstić information content (AvgIpc) is 3.23. The van der Waals surface area contributed by atoms with Crippen LogP contribution in [-0.2, 0) is 16.2 Å². The van der Waals surface area contributed by atoms with E-state index in [0.29, 0.717) is 47.3 Å². The van der Waals surface area contributed by atoms with Gasteiger partial charge in [0.15, 0.2) is 11.5 Å². The minimum Gasteiger partial charge on any atom is -0.507 e. The molecule has 3 aromatic carbocycles. The molecule has 0 aliphatic carbocycles. The molecule has 1 saturated heterocycles. The molecule has 0 bridgehead atoms.